The number of piperidine rings is 1. The molecule has 0 unspecified atom stereocenters. The van der Waals surface area contributed by atoms with Gasteiger partial charge in [-0.2, -0.15) is 0 Å². The summed E-state index contributed by atoms with van der Waals surface area (Å²) < 4.78 is 0. The second kappa shape index (κ2) is 17.2. The minimum absolute atomic E-state index is 0.0602. The van der Waals surface area contributed by atoms with Gasteiger partial charge in [-0.1, -0.05) is 73.9 Å². The Hall–Kier alpha value is -4.65. The van der Waals surface area contributed by atoms with Crippen LogP contribution in [-0.4, -0.2) is 81.5 Å². The van der Waals surface area contributed by atoms with E-state index in [0.29, 0.717) is 23.9 Å². The summed E-state index contributed by atoms with van der Waals surface area (Å²) in [6.45, 7) is 6.71. The number of likely N-dealkylation sites (tertiary alicyclic amines) is 1. The molecule has 2 fully saturated rings. The topological polar surface area (TPSA) is 167 Å². The summed E-state index contributed by atoms with van der Waals surface area (Å²) >= 11 is 1.64. The number of hydrogen-bond acceptors (Lipinski definition) is 8. The van der Waals surface area contributed by atoms with Crippen molar-refractivity contribution in [1.29, 1.82) is 0 Å². The molecule has 12 heteroatoms. The Bertz CT molecular complexity index is 1930. The lowest BCUT2D eigenvalue weighted by Gasteiger charge is -2.47. The van der Waals surface area contributed by atoms with E-state index in [0.717, 1.165) is 53.5 Å². The molecular weight excluding hydrogens is 701 g/mol. The largest absolute Gasteiger partial charge is 0.390 e. The zero-order valence-electron chi connectivity index (χ0n) is 31.3. The number of carbonyl (C=O) groups is 4. The number of hydrogen-bond donors (Lipinski definition) is 5. The van der Waals surface area contributed by atoms with Crippen LogP contribution in [0.4, 0.5) is 0 Å². The minimum Gasteiger partial charge on any atom is -0.390 e. The first-order valence-corrected chi connectivity index (χ1v) is 19.8. The molecule has 0 radical (unpaired) electrons. The van der Waals surface area contributed by atoms with E-state index in [-0.39, 0.29) is 24.6 Å². The molecule has 2 aliphatic rings. The fourth-order valence-corrected chi connectivity index (χ4v) is 8.63. The number of benzene rings is 2. The van der Waals surface area contributed by atoms with Gasteiger partial charge in [-0.25, -0.2) is 4.98 Å². The van der Waals surface area contributed by atoms with Gasteiger partial charge in [-0.15, -0.1) is 11.3 Å². The van der Waals surface area contributed by atoms with E-state index < -0.39 is 53.9 Å². The van der Waals surface area contributed by atoms with Gasteiger partial charge in [0, 0.05) is 28.9 Å². The van der Waals surface area contributed by atoms with Gasteiger partial charge < -0.3 is 26.8 Å². The number of primary amides is 1. The monoisotopic (exact) mass is 752 g/mol. The first-order chi connectivity index (χ1) is 25.8. The summed E-state index contributed by atoms with van der Waals surface area (Å²) in [6, 6.07) is 20.1. The van der Waals surface area contributed by atoms with Crippen molar-refractivity contribution in [3.05, 3.63) is 89.4 Å². The molecular formula is C42H52N6O5S. The van der Waals surface area contributed by atoms with Crippen LogP contribution in [0.3, 0.4) is 0 Å². The average molecular weight is 753 g/mol. The van der Waals surface area contributed by atoms with Crippen molar-refractivity contribution < 1.29 is 24.3 Å². The van der Waals surface area contributed by atoms with E-state index >= 15 is 0 Å². The highest BCUT2D eigenvalue weighted by molar-refractivity contribution is 7.13. The van der Waals surface area contributed by atoms with Gasteiger partial charge in [-0.05, 0) is 86.6 Å². The van der Waals surface area contributed by atoms with Gasteiger partial charge in [0.15, 0.2) is 0 Å². The quantitative estimate of drug-likeness (QED) is 0.131. The third-order valence-electron chi connectivity index (χ3n) is 10.6. The SMILES string of the molecule is CC(C)(C)NC(=O)[C@@H]1C[C@@H]2CCCC[C@@H]2CN1C[C@@H](O)[C@H](Cc1ccc(-c2cccs2)cc1)NC(=O)[C@H](CC(N)=O)NC(=O)c1ccc2ccccc2n1. The molecule has 4 amide bonds. The Labute approximate surface area is 321 Å². The van der Waals surface area contributed by atoms with Crippen LogP contribution in [0.1, 0.15) is 75.3 Å². The smallest absolute Gasteiger partial charge is 0.270 e. The second-order valence-electron chi connectivity index (χ2n) is 15.9. The number of nitrogens with zero attached hydrogens (tertiary/aromatic N) is 2. The maximum Gasteiger partial charge on any atom is 0.270 e. The first-order valence-electron chi connectivity index (χ1n) is 19.0. The average Bonchev–Trinajstić information content (AvgIpc) is 3.68. The van der Waals surface area contributed by atoms with Gasteiger partial charge in [0.25, 0.3) is 5.91 Å². The van der Waals surface area contributed by atoms with Crippen molar-refractivity contribution in [2.75, 3.05) is 13.1 Å². The third-order valence-corrected chi connectivity index (χ3v) is 11.5. The van der Waals surface area contributed by atoms with Crippen molar-refractivity contribution in [2.45, 2.75) is 95.5 Å². The highest BCUT2D eigenvalue weighted by atomic mass is 32.1. The summed E-state index contributed by atoms with van der Waals surface area (Å²) in [5, 5.41) is 23.7. The molecule has 1 aliphatic heterocycles. The highest BCUT2D eigenvalue weighted by Crippen LogP contribution is 2.39. The number of nitrogens with one attached hydrogen (secondary N) is 3. The van der Waals surface area contributed by atoms with E-state index in [4.69, 9.17) is 5.73 Å². The molecule has 1 saturated carbocycles. The van der Waals surface area contributed by atoms with Crippen LogP contribution in [0.2, 0.25) is 0 Å². The molecule has 6 rings (SSSR count). The van der Waals surface area contributed by atoms with E-state index in [1.54, 1.807) is 29.5 Å². The third kappa shape index (κ3) is 10.1. The Kier molecular flexibility index (Phi) is 12.5. The number of pyridine rings is 1. The van der Waals surface area contributed by atoms with Crippen LogP contribution in [-0.2, 0) is 20.8 Å². The van der Waals surface area contributed by atoms with Gasteiger partial charge in [0.05, 0.1) is 30.1 Å². The number of fused-ring (bicyclic) bond motifs is 2. The Balaban J connectivity index is 1.24. The Morgan fingerprint density at radius 2 is 1.69 bits per heavy atom. The molecule has 1 saturated heterocycles. The minimum atomic E-state index is -1.32. The number of β-amino-alcohol motifs (C(OH)–C–C–N with tert-alkyl or cyclic N) is 1. The molecule has 2 aromatic carbocycles. The number of nitrogens with two attached hydrogens (primary N) is 1. The number of aliphatic hydroxyl groups is 1. The first kappa shape index (κ1) is 39.1. The lowest BCUT2D eigenvalue weighted by atomic mass is 9.72. The van der Waals surface area contributed by atoms with Crippen molar-refractivity contribution >= 4 is 45.9 Å². The molecule has 54 heavy (non-hydrogen) atoms. The molecule has 6 N–H and O–H groups in total. The molecule has 1 aliphatic carbocycles. The number of aromatic nitrogens is 1. The fourth-order valence-electron chi connectivity index (χ4n) is 7.90. The molecule has 6 atom stereocenters. The maximum atomic E-state index is 14.0. The zero-order valence-corrected chi connectivity index (χ0v) is 32.1. The molecule has 11 nitrogen and oxygen atoms in total. The summed E-state index contributed by atoms with van der Waals surface area (Å²) in [5.41, 5.74) is 7.79. The van der Waals surface area contributed by atoms with Gasteiger partial charge in [-0.3, -0.25) is 24.1 Å². The van der Waals surface area contributed by atoms with E-state index in [2.05, 4.69) is 31.9 Å². The number of para-hydroxylation sites is 1. The van der Waals surface area contributed by atoms with Gasteiger partial charge in [0.2, 0.25) is 17.7 Å². The number of rotatable bonds is 13. The van der Waals surface area contributed by atoms with Crippen molar-refractivity contribution in [2.24, 2.45) is 17.6 Å². The molecule has 2 aromatic heterocycles. The van der Waals surface area contributed by atoms with Gasteiger partial charge >= 0.3 is 0 Å². The summed E-state index contributed by atoms with van der Waals surface area (Å²) in [5.74, 6) is -1.24. The zero-order chi connectivity index (χ0) is 38.4. The van der Waals surface area contributed by atoms with Gasteiger partial charge in [0.1, 0.15) is 11.7 Å². The van der Waals surface area contributed by atoms with Crippen molar-refractivity contribution in [3.8, 4) is 10.4 Å². The Morgan fingerprint density at radius 3 is 2.39 bits per heavy atom. The summed E-state index contributed by atoms with van der Waals surface area (Å²) in [7, 11) is 0. The predicted octanol–water partition coefficient (Wildman–Crippen LogP) is 4.82. The summed E-state index contributed by atoms with van der Waals surface area (Å²) in [4.78, 5) is 61.0. The van der Waals surface area contributed by atoms with Crippen LogP contribution in [0.15, 0.2) is 78.2 Å². The second-order valence-corrected chi connectivity index (χ2v) is 16.8. The standard InChI is InChI=1S/C42H52N6O5S/c1-42(2,3)47-41(53)35-22-29-10-4-5-11-30(29)24-48(35)25-36(49)33(21-26-14-16-28(17-15-26)37-13-8-20-54-37)45-40(52)34(23-38(43)50)46-39(51)32-19-18-27-9-6-7-12-31(27)44-32/h6-9,12-20,29-30,33-36,49H,4-5,10-11,21-25H2,1-3H3,(H2,43,50)(H,45,52)(H,46,51)(H,47,53)/t29-,30+,33-,34-,35-,36+/m0/s1. The van der Waals surface area contributed by atoms with E-state index in [9.17, 15) is 24.3 Å². The lowest BCUT2D eigenvalue weighted by molar-refractivity contribution is -0.133. The van der Waals surface area contributed by atoms with Crippen molar-refractivity contribution in [1.82, 2.24) is 25.8 Å². The number of thiophene rings is 1. The summed E-state index contributed by atoms with van der Waals surface area (Å²) in [6.07, 6.45) is 3.94. The lowest BCUT2D eigenvalue weighted by Crippen LogP contribution is -2.61. The highest BCUT2D eigenvalue weighted by Gasteiger charge is 2.42. The molecule has 286 valence electrons. The number of amides is 4. The number of aliphatic hydroxyl groups excluding tert-OH is 1. The van der Waals surface area contributed by atoms with E-state index in [1.807, 2.05) is 74.7 Å². The van der Waals surface area contributed by atoms with Crippen LogP contribution >= 0.6 is 11.3 Å². The van der Waals surface area contributed by atoms with Crippen LogP contribution in [0.25, 0.3) is 21.3 Å². The molecule has 0 spiro atoms. The van der Waals surface area contributed by atoms with Crippen LogP contribution in [0.5, 0.6) is 0 Å². The number of carbonyl (C=O) groups excluding carboxylic acids is 4. The van der Waals surface area contributed by atoms with Crippen LogP contribution < -0.4 is 21.7 Å². The maximum absolute atomic E-state index is 14.0. The van der Waals surface area contributed by atoms with E-state index in [1.165, 1.54) is 0 Å². The molecule has 4 aromatic rings. The Morgan fingerprint density at radius 1 is 0.944 bits per heavy atom. The molecule has 0 bridgehead atoms. The normalized spacial score (nSPS) is 20.6. The van der Waals surface area contributed by atoms with Crippen LogP contribution in [0, 0.1) is 11.8 Å². The molecule has 3 heterocycles. The fraction of sp³-hybridized carbons (Fsp3) is 0.452. The van der Waals surface area contributed by atoms with Crippen molar-refractivity contribution in [3.63, 3.8) is 0 Å². The predicted molar refractivity (Wildman–Crippen MR) is 212 cm³/mol.